The van der Waals surface area contributed by atoms with E-state index in [0.29, 0.717) is 12.8 Å². The smallest absolute Gasteiger partial charge is 0.326 e. The lowest BCUT2D eigenvalue weighted by Gasteiger charge is -2.14. The maximum Gasteiger partial charge on any atom is 0.326 e. The van der Waals surface area contributed by atoms with Gasteiger partial charge in [0.1, 0.15) is 16.8 Å². The van der Waals surface area contributed by atoms with Crippen LogP contribution in [0.5, 0.6) is 0 Å². The summed E-state index contributed by atoms with van der Waals surface area (Å²) >= 11 is 0. The second kappa shape index (κ2) is 9.33. The van der Waals surface area contributed by atoms with Crippen LogP contribution in [0.1, 0.15) is 32.6 Å². The van der Waals surface area contributed by atoms with Crippen molar-refractivity contribution in [1.82, 2.24) is 10.0 Å². The third kappa shape index (κ3) is 6.25. The van der Waals surface area contributed by atoms with Gasteiger partial charge in [0.05, 0.1) is 0 Å². The van der Waals surface area contributed by atoms with Crippen LogP contribution in [-0.2, 0) is 19.6 Å². The molecule has 0 bridgehead atoms. The Morgan fingerprint density at radius 3 is 2.54 bits per heavy atom. The van der Waals surface area contributed by atoms with E-state index in [-0.39, 0.29) is 13.0 Å². The first-order valence-corrected chi connectivity index (χ1v) is 9.02. The number of aliphatic carboxylic acids is 1. The Hall–Kier alpha value is -2.00. The molecule has 0 heterocycles. The van der Waals surface area contributed by atoms with Gasteiger partial charge in [0.15, 0.2) is 0 Å². The fraction of sp³-hybridized carbons (Fsp3) is 0.467. The van der Waals surface area contributed by atoms with Crippen LogP contribution in [-0.4, -0.2) is 38.0 Å². The Kier molecular flexibility index (Phi) is 7.80. The van der Waals surface area contributed by atoms with E-state index in [1.165, 1.54) is 12.1 Å². The van der Waals surface area contributed by atoms with Crippen molar-refractivity contribution in [2.75, 3.05) is 6.54 Å². The van der Waals surface area contributed by atoms with Gasteiger partial charge in [0.2, 0.25) is 15.9 Å². The molecule has 0 aliphatic rings. The number of sulfonamides is 1. The van der Waals surface area contributed by atoms with Gasteiger partial charge in [-0.2, -0.15) is 0 Å². The largest absolute Gasteiger partial charge is 0.480 e. The summed E-state index contributed by atoms with van der Waals surface area (Å²) in [5.74, 6) is -2.61. The number of hydrogen-bond acceptors (Lipinski definition) is 4. The molecular formula is C15H21FN2O5S. The van der Waals surface area contributed by atoms with Gasteiger partial charge in [-0.3, -0.25) is 4.79 Å². The summed E-state index contributed by atoms with van der Waals surface area (Å²) in [7, 11) is -4.07. The third-order valence-corrected chi connectivity index (χ3v) is 4.74. The van der Waals surface area contributed by atoms with Gasteiger partial charge in [-0.05, 0) is 18.6 Å². The lowest BCUT2D eigenvalue weighted by molar-refractivity contribution is -0.142. The Balaban J connectivity index is 2.53. The van der Waals surface area contributed by atoms with E-state index in [0.717, 1.165) is 18.6 Å². The first-order valence-electron chi connectivity index (χ1n) is 7.54. The predicted molar refractivity (Wildman–Crippen MR) is 85.3 cm³/mol. The lowest BCUT2D eigenvalue weighted by Crippen LogP contribution is -2.42. The van der Waals surface area contributed by atoms with Crippen LogP contribution < -0.4 is 10.0 Å². The number of amides is 1. The molecule has 1 rings (SSSR count). The third-order valence-electron chi connectivity index (χ3n) is 3.25. The summed E-state index contributed by atoms with van der Waals surface area (Å²) in [5.41, 5.74) is 0. The minimum Gasteiger partial charge on any atom is -0.480 e. The van der Waals surface area contributed by atoms with Crippen molar-refractivity contribution in [2.24, 2.45) is 0 Å². The van der Waals surface area contributed by atoms with Crippen LogP contribution in [0, 0.1) is 5.82 Å². The summed E-state index contributed by atoms with van der Waals surface area (Å²) in [4.78, 5) is 22.3. The number of carbonyl (C=O) groups excluding carboxylic acids is 1. The maximum absolute atomic E-state index is 13.5. The maximum atomic E-state index is 13.5. The highest BCUT2D eigenvalue weighted by Crippen LogP contribution is 2.12. The minimum absolute atomic E-state index is 0.246. The average Bonchev–Trinajstić information content (AvgIpc) is 2.51. The molecule has 0 saturated carbocycles. The predicted octanol–water partition coefficient (Wildman–Crippen LogP) is 1.25. The van der Waals surface area contributed by atoms with E-state index < -0.39 is 38.7 Å². The molecule has 0 saturated heterocycles. The van der Waals surface area contributed by atoms with Crippen molar-refractivity contribution in [1.29, 1.82) is 0 Å². The number of hydrogen-bond donors (Lipinski definition) is 3. The zero-order chi connectivity index (χ0) is 18.2. The second-order valence-electron chi connectivity index (χ2n) is 5.18. The minimum atomic E-state index is -4.07. The van der Waals surface area contributed by atoms with Crippen molar-refractivity contribution < 1.29 is 27.5 Å². The van der Waals surface area contributed by atoms with Gasteiger partial charge < -0.3 is 10.4 Å². The quantitative estimate of drug-likeness (QED) is 0.581. The van der Waals surface area contributed by atoms with E-state index in [4.69, 9.17) is 5.11 Å². The molecule has 134 valence electrons. The average molecular weight is 360 g/mol. The molecule has 3 N–H and O–H groups in total. The van der Waals surface area contributed by atoms with Crippen LogP contribution in [0.3, 0.4) is 0 Å². The molecule has 0 fully saturated rings. The molecule has 0 spiro atoms. The highest BCUT2D eigenvalue weighted by Gasteiger charge is 2.21. The van der Waals surface area contributed by atoms with Crippen molar-refractivity contribution in [3.05, 3.63) is 30.1 Å². The molecule has 1 amide bonds. The van der Waals surface area contributed by atoms with Gasteiger partial charge in [-0.15, -0.1) is 0 Å². The number of unbranched alkanes of at least 4 members (excludes halogenated alkanes) is 1. The molecule has 1 atom stereocenters. The Morgan fingerprint density at radius 2 is 1.96 bits per heavy atom. The van der Waals surface area contributed by atoms with E-state index in [2.05, 4.69) is 10.0 Å². The van der Waals surface area contributed by atoms with Crippen molar-refractivity contribution in [2.45, 2.75) is 43.5 Å². The molecule has 7 nitrogen and oxygen atoms in total. The molecule has 0 aromatic heterocycles. The first-order chi connectivity index (χ1) is 11.3. The SMILES string of the molecule is CCCC[C@H](NC(=O)CCNS(=O)(=O)c1ccccc1F)C(=O)O. The van der Waals surface area contributed by atoms with E-state index in [1.54, 1.807) is 0 Å². The zero-order valence-corrected chi connectivity index (χ0v) is 14.1. The number of carbonyl (C=O) groups is 2. The highest BCUT2D eigenvalue weighted by atomic mass is 32.2. The van der Waals surface area contributed by atoms with Crippen LogP contribution >= 0.6 is 0 Å². The number of rotatable bonds is 10. The van der Waals surface area contributed by atoms with Crippen LogP contribution in [0.15, 0.2) is 29.2 Å². The van der Waals surface area contributed by atoms with Gasteiger partial charge in [0.25, 0.3) is 0 Å². The molecular weight excluding hydrogens is 339 g/mol. The number of nitrogens with one attached hydrogen (secondary N) is 2. The van der Waals surface area contributed by atoms with Crippen LogP contribution in [0.4, 0.5) is 4.39 Å². The summed E-state index contributed by atoms with van der Waals surface area (Å²) < 4.78 is 39.5. The Bertz CT molecular complexity index is 678. The van der Waals surface area contributed by atoms with Crippen molar-refractivity contribution in [3.63, 3.8) is 0 Å². The molecule has 9 heteroatoms. The standard InChI is InChI=1S/C15H21FN2O5S/c1-2-3-7-12(15(20)21)18-14(19)9-10-17-24(22,23)13-8-5-4-6-11(13)16/h4-6,8,12,17H,2-3,7,9-10H2,1H3,(H,18,19)(H,20,21)/t12-/m0/s1. The molecule has 1 aromatic rings. The molecule has 0 aliphatic heterocycles. The first kappa shape index (κ1) is 20.0. The molecule has 24 heavy (non-hydrogen) atoms. The summed E-state index contributed by atoms with van der Waals surface area (Å²) in [6, 6.07) is 3.88. The topological polar surface area (TPSA) is 113 Å². The summed E-state index contributed by atoms with van der Waals surface area (Å²) in [6.07, 6.45) is 1.50. The normalized spacial score (nSPS) is 12.6. The van der Waals surface area contributed by atoms with Gasteiger partial charge >= 0.3 is 5.97 Å². The molecule has 1 aromatic carbocycles. The number of carboxylic acids is 1. The summed E-state index contributed by atoms with van der Waals surface area (Å²) in [6.45, 7) is 1.64. The summed E-state index contributed by atoms with van der Waals surface area (Å²) in [5, 5.41) is 11.4. The second-order valence-corrected chi connectivity index (χ2v) is 6.91. The van der Waals surface area contributed by atoms with Gasteiger partial charge in [-0.25, -0.2) is 22.3 Å². The highest BCUT2D eigenvalue weighted by molar-refractivity contribution is 7.89. The van der Waals surface area contributed by atoms with Gasteiger partial charge in [0, 0.05) is 13.0 Å². The van der Waals surface area contributed by atoms with Crippen LogP contribution in [0.2, 0.25) is 0 Å². The number of benzene rings is 1. The van der Waals surface area contributed by atoms with E-state index >= 15 is 0 Å². The van der Waals surface area contributed by atoms with E-state index in [1.807, 2.05) is 6.92 Å². The monoisotopic (exact) mass is 360 g/mol. The number of carboxylic acid groups (broad SMARTS) is 1. The Labute approximate surface area is 140 Å². The van der Waals surface area contributed by atoms with Crippen LogP contribution in [0.25, 0.3) is 0 Å². The van der Waals surface area contributed by atoms with Gasteiger partial charge in [-0.1, -0.05) is 31.9 Å². The molecule has 0 aliphatic carbocycles. The zero-order valence-electron chi connectivity index (χ0n) is 13.3. The fourth-order valence-electron chi connectivity index (χ4n) is 1.97. The molecule has 0 radical (unpaired) electrons. The molecule has 0 unspecified atom stereocenters. The number of halogens is 1. The van der Waals surface area contributed by atoms with Crippen molar-refractivity contribution >= 4 is 21.9 Å². The Morgan fingerprint density at radius 1 is 1.29 bits per heavy atom. The van der Waals surface area contributed by atoms with E-state index in [9.17, 15) is 22.4 Å². The fourth-order valence-corrected chi connectivity index (χ4v) is 3.08. The lowest BCUT2D eigenvalue weighted by atomic mass is 10.1. The van der Waals surface area contributed by atoms with Crippen molar-refractivity contribution in [3.8, 4) is 0 Å².